The Morgan fingerprint density at radius 3 is 2.50 bits per heavy atom. The number of hydrogen-bond donors (Lipinski definition) is 3. The van der Waals surface area contributed by atoms with E-state index in [4.69, 9.17) is 5.11 Å². The first-order chi connectivity index (χ1) is 10.8. The van der Waals surface area contributed by atoms with E-state index in [-0.39, 0.29) is 19.2 Å². The smallest absolute Gasteiger partial charge is 0.319 e. The van der Waals surface area contributed by atoms with Crippen molar-refractivity contribution in [1.29, 1.82) is 0 Å². The average Bonchev–Trinajstić information content (AvgIpc) is 2.54. The third-order valence-corrected chi connectivity index (χ3v) is 4.04. The van der Waals surface area contributed by atoms with Crippen molar-refractivity contribution in [2.75, 3.05) is 18.5 Å². The Balaban J connectivity index is 1.82. The normalized spacial score (nSPS) is 10.2. The quantitative estimate of drug-likeness (QED) is 0.735. The molecule has 0 unspecified atom stereocenters. The molecule has 0 atom stereocenters. The lowest BCUT2D eigenvalue weighted by molar-refractivity contribution is 0.245. The molecule has 0 saturated carbocycles. The minimum absolute atomic E-state index is 0.0659. The van der Waals surface area contributed by atoms with Gasteiger partial charge in [0.2, 0.25) is 0 Å². The van der Waals surface area contributed by atoms with Gasteiger partial charge in [-0.05, 0) is 23.3 Å². The molecule has 0 radical (unpaired) electrons. The van der Waals surface area contributed by atoms with Crippen LogP contribution in [0.4, 0.5) is 10.5 Å². The number of urea groups is 1. The number of amides is 2. The highest BCUT2D eigenvalue weighted by atomic mass is 32.2. The Morgan fingerprint density at radius 2 is 1.73 bits per heavy atom. The molecule has 2 rings (SSSR count). The van der Waals surface area contributed by atoms with Crippen LogP contribution in [-0.4, -0.2) is 24.3 Å². The van der Waals surface area contributed by atoms with Crippen molar-refractivity contribution in [2.24, 2.45) is 0 Å². The highest BCUT2D eigenvalue weighted by molar-refractivity contribution is 7.97. The molecular weight excluding hydrogens is 296 g/mol. The predicted octanol–water partition coefficient (Wildman–Crippen LogP) is 3.23. The molecule has 22 heavy (non-hydrogen) atoms. The van der Waals surface area contributed by atoms with E-state index in [2.05, 4.69) is 28.8 Å². The van der Waals surface area contributed by atoms with Crippen molar-refractivity contribution in [3.8, 4) is 0 Å². The maximum Gasteiger partial charge on any atom is 0.319 e. The number of benzene rings is 2. The number of anilines is 1. The van der Waals surface area contributed by atoms with Crippen molar-refractivity contribution >= 4 is 23.5 Å². The number of nitrogens with one attached hydrogen (secondary N) is 2. The number of carbonyl (C=O) groups is 1. The summed E-state index contributed by atoms with van der Waals surface area (Å²) in [5.41, 5.74) is 3.24. The van der Waals surface area contributed by atoms with Crippen LogP contribution in [0.1, 0.15) is 11.1 Å². The van der Waals surface area contributed by atoms with E-state index in [1.807, 2.05) is 48.2 Å². The topological polar surface area (TPSA) is 61.4 Å². The maximum absolute atomic E-state index is 11.5. The molecule has 0 aliphatic carbocycles. The number of aliphatic hydroxyl groups is 1. The van der Waals surface area contributed by atoms with Crippen LogP contribution in [0.2, 0.25) is 0 Å². The van der Waals surface area contributed by atoms with Crippen LogP contribution in [-0.2, 0) is 11.5 Å². The van der Waals surface area contributed by atoms with Crippen LogP contribution in [0, 0.1) is 0 Å². The van der Waals surface area contributed by atoms with Gasteiger partial charge in [-0.25, -0.2) is 4.79 Å². The van der Waals surface area contributed by atoms with Gasteiger partial charge in [-0.3, -0.25) is 0 Å². The van der Waals surface area contributed by atoms with Gasteiger partial charge >= 0.3 is 6.03 Å². The minimum Gasteiger partial charge on any atom is -0.395 e. The Hall–Kier alpha value is -1.98. The van der Waals surface area contributed by atoms with Crippen molar-refractivity contribution in [3.05, 3.63) is 65.7 Å². The molecule has 4 nitrogen and oxygen atoms in total. The zero-order chi connectivity index (χ0) is 15.6. The Kier molecular flexibility index (Phi) is 6.80. The zero-order valence-corrected chi connectivity index (χ0v) is 13.1. The number of rotatable bonds is 7. The Bertz CT molecular complexity index is 590. The first-order valence-corrected chi connectivity index (χ1v) is 8.30. The van der Waals surface area contributed by atoms with Crippen LogP contribution >= 0.6 is 11.8 Å². The summed E-state index contributed by atoms with van der Waals surface area (Å²) < 4.78 is 0. The summed E-state index contributed by atoms with van der Waals surface area (Å²) in [6, 6.07) is 17.9. The lowest BCUT2D eigenvalue weighted by Gasteiger charge is -2.08. The molecule has 5 heteroatoms. The highest BCUT2D eigenvalue weighted by Gasteiger charge is 2.02. The average molecular weight is 316 g/mol. The fraction of sp³-hybridized carbons (Fsp3) is 0.235. The van der Waals surface area contributed by atoms with E-state index in [0.717, 1.165) is 17.2 Å². The van der Waals surface area contributed by atoms with Gasteiger partial charge in [-0.15, -0.1) is 0 Å². The second-order valence-corrected chi connectivity index (χ2v) is 5.77. The van der Waals surface area contributed by atoms with Gasteiger partial charge in [0.15, 0.2) is 0 Å². The van der Waals surface area contributed by atoms with Crippen LogP contribution < -0.4 is 10.6 Å². The molecule has 0 aliphatic heterocycles. The molecule has 2 amide bonds. The van der Waals surface area contributed by atoms with Crippen molar-refractivity contribution < 1.29 is 9.90 Å². The molecule has 0 aliphatic rings. The van der Waals surface area contributed by atoms with Gasteiger partial charge in [0.25, 0.3) is 0 Å². The summed E-state index contributed by atoms with van der Waals surface area (Å²) in [6.07, 6.45) is 0. The van der Waals surface area contributed by atoms with E-state index in [1.54, 1.807) is 0 Å². The molecule has 2 aromatic carbocycles. The highest BCUT2D eigenvalue weighted by Crippen LogP contribution is 2.20. The van der Waals surface area contributed by atoms with Gasteiger partial charge in [0.1, 0.15) is 0 Å². The molecule has 0 bridgehead atoms. The van der Waals surface area contributed by atoms with E-state index in [9.17, 15) is 4.79 Å². The SMILES string of the molecule is O=C(NCCO)Nc1cccc(CSCc2ccccc2)c1. The molecule has 0 aromatic heterocycles. The van der Waals surface area contributed by atoms with Crippen LogP contribution in [0.3, 0.4) is 0 Å². The van der Waals surface area contributed by atoms with E-state index < -0.39 is 0 Å². The Morgan fingerprint density at radius 1 is 1.00 bits per heavy atom. The molecule has 0 spiro atoms. The summed E-state index contributed by atoms with van der Waals surface area (Å²) >= 11 is 1.84. The van der Waals surface area contributed by atoms with Crippen molar-refractivity contribution in [3.63, 3.8) is 0 Å². The zero-order valence-electron chi connectivity index (χ0n) is 12.3. The number of thioether (sulfide) groups is 1. The fourth-order valence-corrected chi connectivity index (χ4v) is 2.89. The van der Waals surface area contributed by atoms with Gasteiger partial charge < -0.3 is 15.7 Å². The maximum atomic E-state index is 11.5. The second-order valence-electron chi connectivity index (χ2n) is 4.78. The molecule has 2 aromatic rings. The lowest BCUT2D eigenvalue weighted by Crippen LogP contribution is -2.30. The minimum atomic E-state index is -0.303. The van der Waals surface area contributed by atoms with Gasteiger partial charge in [0.05, 0.1) is 6.61 Å². The van der Waals surface area contributed by atoms with Crippen LogP contribution in [0.25, 0.3) is 0 Å². The van der Waals surface area contributed by atoms with Gasteiger partial charge in [0, 0.05) is 23.7 Å². The summed E-state index contributed by atoms with van der Waals surface area (Å²) in [6.45, 7) is 0.183. The van der Waals surface area contributed by atoms with Crippen molar-refractivity contribution in [1.82, 2.24) is 5.32 Å². The summed E-state index contributed by atoms with van der Waals surface area (Å²) in [5, 5.41) is 14.0. The van der Waals surface area contributed by atoms with E-state index >= 15 is 0 Å². The molecule has 0 saturated heterocycles. The largest absolute Gasteiger partial charge is 0.395 e. The molecule has 116 valence electrons. The molecule has 0 fully saturated rings. The second kappa shape index (κ2) is 9.12. The summed E-state index contributed by atoms with van der Waals surface area (Å²) in [7, 11) is 0. The van der Waals surface area contributed by atoms with Gasteiger partial charge in [-0.2, -0.15) is 11.8 Å². The third-order valence-electron chi connectivity index (χ3n) is 2.96. The number of carbonyl (C=O) groups excluding carboxylic acids is 1. The van der Waals surface area contributed by atoms with Crippen molar-refractivity contribution in [2.45, 2.75) is 11.5 Å². The fourth-order valence-electron chi connectivity index (χ4n) is 1.94. The van der Waals surface area contributed by atoms with Crippen LogP contribution in [0.5, 0.6) is 0 Å². The number of aliphatic hydroxyl groups excluding tert-OH is 1. The first kappa shape index (κ1) is 16.4. The third kappa shape index (κ3) is 5.79. The summed E-state index contributed by atoms with van der Waals surface area (Å²) in [4.78, 5) is 11.5. The monoisotopic (exact) mass is 316 g/mol. The standard InChI is InChI=1S/C17H20N2O2S/c20-10-9-18-17(21)19-16-8-4-7-15(11-16)13-22-12-14-5-2-1-3-6-14/h1-8,11,20H,9-10,12-13H2,(H2,18,19,21). The number of hydrogen-bond acceptors (Lipinski definition) is 3. The molecular formula is C17H20N2O2S. The Labute approximate surface area is 134 Å². The molecule has 0 heterocycles. The lowest BCUT2D eigenvalue weighted by atomic mass is 10.2. The van der Waals surface area contributed by atoms with E-state index in [0.29, 0.717) is 0 Å². The molecule has 3 N–H and O–H groups in total. The van der Waals surface area contributed by atoms with E-state index in [1.165, 1.54) is 11.1 Å². The predicted molar refractivity (Wildman–Crippen MR) is 92.0 cm³/mol. The summed E-state index contributed by atoms with van der Waals surface area (Å²) in [5.74, 6) is 1.86. The first-order valence-electron chi connectivity index (χ1n) is 7.14. The van der Waals surface area contributed by atoms with Gasteiger partial charge in [-0.1, -0.05) is 42.5 Å². The van der Waals surface area contributed by atoms with Crippen LogP contribution in [0.15, 0.2) is 54.6 Å².